The Labute approximate surface area is 149 Å². The third-order valence-corrected chi connectivity index (χ3v) is 8.16. The maximum Gasteiger partial charge on any atom is 0.302 e. The lowest BCUT2D eigenvalue weighted by Crippen LogP contribution is -2.54. The van der Waals surface area contributed by atoms with E-state index in [4.69, 9.17) is 4.74 Å². The molecule has 0 unspecified atom stereocenters. The van der Waals surface area contributed by atoms with Crippen LogP contribution in [0.15, 0.2) is 11.6 Å². The molecule has 3 fully saturated rings. The summed E-state index contributed by atoms with van der Waals surface area (Å²) in [6, 6.07) is 0. The number of hydrogen-bond donors (Lipinski definition) is 0. The SMILES string of the molecule is CC(=O)O[C@@H]1CC[C@H]2[C@@H]3C[C@@H](F)C4=CC(=O)CC[C@]4(C)[C@H]3CC[C@]12C. The van der Waals surface area contributed by atoms with E-state index in [2.05, 4.69) is 13.8 Å². The van der Waals surface area contributed by atoms with Gasteiger partial charge in [-0.2, -0.15) is 0 Å². The van der Waals surface area contributed by atoms with Crippen LogP contribution in [0, 0.1) is 28.6 Å². The second kappa shape index (κ2) is 5.65. The van der Waals surface area contributed by atoms with Crippen molar-refractivity contribution in [2.75, 3.05) is 0 Å². The fourth-order valence-corrected chi connectivity index (χ4v) is 6.90. The van der Waals surface area contributed by atoms with Gasteiger partial charge in [-0.25, -0.2) is 4.39 Å². The molecule has 0 aromatic carbocycles. The van der Waals surface area contributed by atoms with Crippen LogP contribution in [-0.2, 0) is 14.3 Å². The van der Waals surface area contributed by atoms with Crippen LogP contribution in [0.3, 0.4) is 0 Å². The second-order valence-electron chi connectivity index (χ2n) is 9.28. The first kappa shape index (κ1) is 17.2. The number of hydrogen-bond acceptors (Lipinski definition) is 3. The van der Waals surface area contributed by atoms with Crippen LogP contribution >= 0.6 is 0 Å². The molecular weight excluding hydrogens is 319 g/mol. The van der Waals surface area contributed by atoms with Crippen molar-refractivity contribution in [1.82, 2.24) is 0 Å². The van der Waals surface area contributed by atoms with Gasteiger partial charge in [0.25, 0.3) is 0 Å². The molecule has 3 nitrogen and oxygen atoms in total. The van der Waals surface area contributed by atoms with Gasteiger partial charge >= 0.3 is 5.97 Å². The summed E-state index contributed by atoms with van der Waals surface area (Å²) in [5.74, 6) is 1.09. The highest BCUT2D eigenvalue weighted by Crippen LogP contribution is 2.65. The number of halogens is 1. The van der Waals surface area contributed by atoms with Gasteiger partial charge in [-0.1, -0.05) is 13.8 Å². The Morgan fingerprint density at radius 2 is 1.96 bits per heavy atom. The van der Waals surface area contributed by atoms with Crippen molar-refractivity contribution >= 4 is 11.8 Å². The zero-order valence-electron chi connectivity index (χ0n) is 15.5. The summed E-state index contributed by atoms with van der Waals surface area (Å²) < 4.78 is 20.7. The van der Waals surface area contributed by atoms with Crippen LogP contribution in [0.5, 0.6) is 0 Å². The van der Waals surface area contributed by atoms with E-state index in [1.807, 2.05) is 0 Å². The van der Waals surface area contributed by atoms with Gasteiger partial charge in [0.1, 0.15) is 12.3 Å². The molecule has 0 radical (unpaired) electrons. The van der Waals surface area contributed by atoms with Crippen molar-refractivity contribution in [3.63, 3.8) is 0 Å². The smallest absolute Gasteiger partial charge is 0.302 e. The van der Waals surface area contributed by atoms with Gasteiger partial charge in [-0.3, -0.25) is 9.59 Å². The highest BCUT2D eigenvalue weighted by atomic mass is 19.1. The lowest BCUT2D eigenvalue weighted by molar-refractivity contribution is -0.157. The summed E-state index contributed by atoms with van der Waals surface area (Å²) in [5.41, 5.74) is 0.578. The Balaban J connectivity index is 1.66. The molecule has 4 aliphatic carbocycles. The second-order valence-corrected chi connectivity index (χ2v) is 9.28. The Hall–Kier alpha value is -1.19. The van der Waals surface area contributed by atoms with Crippen LogP contribution in [-0.4, -0.2) is 24.0 Å². The van der Waals surface area contributed by atoms with E-state index < -0.39 is 6.17 Å². The molecule has 7 atom stereocenters. The van der Waals surface area contributed by atoms with Gasteiger partial charge in [-0.15, -0.1) is 0 Å². The number of ether oxygens (including phenoxy) is 1. The third-order valence-electron chi connectivity index (χ3n) is 8.16. The molecule has 0 spiro atoms. The minimum absolute atomic E-state index is 0.0192. The Morgan fingerprint density at radius 3 is 2.68 bits per heavy atom. The van der Waals surface area contributed by atoms with E-state index in [1.54, 1.807) is 6.08 Å². The molecule has 4 aliphatic rings. The minimum Gasteiger partial charge on any atom is -0.462 e. The average molecular weight is 348 g/mol. The van der Waals surface area contributed by atoms with Gasteiger partial charge in [0.05, 0.1) is 0 Å². The molecule has 0 aromatic rings. The molecule has 3 saturated carbocycles. The molecule has 0 bridgehead atoms. The first-order valence-corrected chi connectivity index (χ1v) is 9.82. The minimum atomic E-state index is -0.995. The fourth-order valence-electron chi connectivity index (χ4n) is 6.90. The summed E-state index contributed by atoms with van der Waals surface area (Å²) in [6.45, 7) is 5.92. The van der Waals surface area contributed by atoms with Crippen molar-refractivity contribution in [2.45, 2.75) is 78.0 Å². The number of ketones is 1. The highest BCUT2D eigenvalue weighted by molar-refractivity contribution is 5.91. The normalized spacial score (nSPS) is 48.9. The molecule has 0 N–H and O–H groups in total. The molecule has 4 rings (SSSR count). The lowest BCUT2D eigenvalue weighted by atomic mass is 9.47. The van der Waals surface area contributed by atoms with Crippen molar-refractivity contribution in [1.29, 1.82) is 0 Å². The topological polar surface area (TPSA) is 43.4 Å². The van der Waals surface area contributed by atoms with E-state index in [0.717, 1.165) is 37.7 Å². The molecule has 0 heterocycles. The van der Waals surface area contributed by atoms with Crippen LogP contribution in [0.2, 0.25) is 0 Å². The first-order chi connectivity index (χ1) is 11.8. The van der Waals surface area contributed by atoms with Crippen molar-refractivity contribution in [3.8, 4) is 0 Å². The highest BCUT2D eigenvalue weighted by Gasteiger charge is 2.61. The number of carbonyl (C=O) groups excluding carboxylic acids is 2. The molecule has 0 aliphatic heterocycles. The number of rotatable bonds is 1. The summed E-state index contributed by atoms with van der Waals surface area (Å²) in [6.07, 6.45) is 6.48. The molecule has 0 aromatic heterocycles. The van der Waals surface area contributed by atoms with Gasteiger partial charge < -0.3 is 4.74 Å². The van der Waals surface area contributed by atoms with Crippen LogP contribution in [0.25, 0.3) is 0 Å². The lowest BCUT2D eigenvalue weighted by Gasteiger charge is -2.58. The Morgan fingerprint density at radius 1 is 1.20 bits per heavy atom. The van der Waals surface area contributed by atoms with Crippen LogP contribution in [0.4, 0.5) is 4.39 Å². The zero-order chi connectivity index (χ0) is 18.0. The van der Waals surface area contributed by atoms with Crippen molar-refractivity contribution < 1.29 is 18.7 Å². The third kappa shape index (κ3) is 2.43. The number of fused-ring (bicyclic) bond motifs is 5. The number of alkyl halides is 1. The standard InChI is InChI=1S/C21H29FO3/c1-12(23)25-19-5-4-15-14-11-18(22)17-10-13(24)6-8-20(17,2)16(14)7-9-21(15,19)3/h10,14-16,18-19H,4-9,11H2,1-3H3/t14-,15-,16-,18+,19+,20+,21-/m0/s1. The van der Waals surface area contributed by atoms with E-state index in [-0.39, 0.29) is 28.7 Å². The number of allylic oxidation sites excluding steroid dienone is 1. The van der Waals surface area contributed by atoms with Crippen LogP contribution in [0.1, 0.15) is 65.7 Å². The average Bonchev–Trinajstić information content (AvgIpc) is 2.86. The molecule has 4 heteroatoms. The van der Waals surface area contributed by atoms with E-state index in [9.17, 15) is 9.59 Å². The molecule has 0 amide bonds. The quantitative estimate of drug-likeness (QED) is 0.660. The summed E-state index contributed by atoms with van der Waals surface area (Å²) >= 11 is 0. The van der Waals surface area contributed by atoms with E-state index in [1.165, 1.54) is 6.92 Å². The fraction of sp³-hybridized carbons (Fsp3) is 0.810. The van der Waals surface area contributed by atoms with Gasteiger partial charge in [-0.05, 0) is 73.3 Å². The Kier molecular flexibility index (Phi) is 3.90. The summed E-state index contributed by atoms with van der Waals surface area (Å²) in [7, 11) is 0. The molecular formula is C21H29FO3. The molecule has 138 valence electrons. The van der Waals surface area contributed by atoms with Gasteiger partial charge in [0, 0.05) is 18.8 Å². The number of carbonyl (C=O) groups is 2. The van der Waals surface area contributed by atoms with E-state index >= 15 is 4.39 Å². The molecule has 25 heavy (non-hydrogen) atoms. The monoisotopic (exact) mass is 348 g/mol. The first-order valence-electron chi connectivity index (χ1n) is 9.82. The van der Waals surface area contributed by atoms with Crippen molar-refractivity contribution in [2.24, 2.45) is 28.6 Å². The van der Waals surface area contributed by atoms with Crippen molar-refractivity contribution in [3.05, 3.63) is 11.6 Å². The predicted octanol–water partition coefficient (Wildman–Crippen LogP) is 4.40. The zero-order valence-corrected chi connectivity index (χ0v) is 15.5. The van der Waals surface area contributed by atoms with Gasteiger partial charge in [0.15, 0.2) is 5.78 Å². The van der Waals surface area contributed by atoms with Crippen LogP contribution < -0.4 is 0 Å². The maximum atomic E-state index is 15.1. The largest absolute Gasteiger partial charge is 0.462 e. The summed E-state index contributed by atoms with van der Waals surface area (Å²) in [5, 5.41) is 0. The van der Waals surface area contributed by atoms with E-state index in [0.29, 0.717) is 30.6 Å². The predicted molar refractivity (Wildman–Crippen MR) is 92.5 cm³/mol. The Bertz CT molecular complexity index is 641. The van der Waals surface area contributed by atoms with Gasteiger partial charge in [0.2, 0.25) is 0 Å². The maximum absolute atomic E-state index is 15.1. The summed E-state index contributed by atoms with van der Waals surface area (Å²) in [4.78, 5) is 23.4. The molecule has 0 saturated heterocycles. The number of esters is 1.